The molecule has 0 saturated carbocycles. The smallest absolute Gasteiger partial charge is 0.367 e. The highest BCUT2D eigenvalue weighted by Crippen LogP contribution is 2.38. The first-order chi connectivity index (χ1) is 17.7. The molecule has 1 aromatic heterocycles. The molecule has 1 aromatic carbocycles. The lowest BCUT2D eigenvalue weighted by molar-refractivity contribution is -0.137. The van der Waals surface area contributed by atoms with Crippen LogP contribution in [0.15, 0.2) is 36.5 Å². The van der Waals surface area contributed by atoms with Crippen molar-refractivity contribution in [3.05, 3.63) is 57.7 Å². The molecule has 1 N–H and O–H groups in total. The first kappa shape index (κ1) is 28.7. The number of urea groups is 1. The number of hydrogen-bond donors (Lipinski definition) is 1. The van der Waals surface area contributed by atoms with E-state index in [1.54, 1.807) is 21.9 Å². The lowest BCUT2D eigenvalue weighted by Crippen LogP contribution is -2.53. The zero-order valence-electron chi connectivity index (χ0n) is 20.8. The Morgan fingerprint density at radius 1 is 1.05 bits per heavy atom. The average Bonchev–Trinajstić information content (AvgIpc) is 3.30. The molecule has 2 fully saturated rings. The fraction of sp³-hybridized carbons (Fsp3) is 0.500. The highest BCUT2D eigenvalue weighted by molar-refractivity contribution is 7.88. The number of sulfonamides is 1. The van der Waals surface area contributed by atoms with Crippen molar-refractivity contribution in [2.45, 2.75) is 25.1 Å². The van der Waals surface area contributed by atoms with Crippen LogP contribution in [0, 0.1) is 5.92 Å². The molecule has 2 saturated heterocycles. The number of rotatable bonds is 5. The van der Waals surface area contributed by atoms with Gasteiger partial charge in [0.2, 0.25) is 10.0 Å². The van der Waals surface area contributed by atoms with Gasteiger partial charge in [-0.2, -0.15) is 17.5 Å². The Hall–Kier alpha value is -2.28. The standard InChI is InChI=1S/C24H28Cl2F3N5O3S/c1-15(31-22-6-4-17(12-30-22)24(27,28)29)18-13-33(14-19(18)16-3-5-20(25)21(26)11-16)23(35)32-7-9-34(10-8-32)38(2,36)37/h3-6,11-12,15,18-19H,7-10,13-14H2,1-2H3,(H,30,31)/t15?,18-,19?/m1/s1. The van der Waals surface area contributed by atoms with Gasteiger partial charge in [-0.3, -0.25) is 0 Å². The molecule has 2 unspecified atom stereocenters. The van der Waals surface area contributed by atoms with Crippen molar-refractivity contribution in [2.75, 3.05) is 50.8 Å². The largest absolute Gasteiger partial charge is 0.417 e. The molecule has 2 aromatic rings. The number of nitrogens with zero attached hydrogens (tertiary/aromatic N) is 4. The highest BCUT2D eigenvalue weighted by atomic mass is 35.5. The van der Waals surface area contributed by atoms with Gasteiger partial charge < -0.3 is 15.1 Å². The first-order valence-corrected chi connectivity index (χ1v) is 14.6. The Balaban J connectivity index is 1.52. The lowest BCUT2D eigenvalue weighted by atomic mass is 9.84. The van der Waals surface area contributed by atoms with E-state index < -0.39 is 21.8 Å². The van der Waals surface area contributed by atoms with Crippen molar-refractivity contribution < 1.29 is 26.4 Å². The molecule has 3 atom stereocenters. The number of alkyl halides is 3. The van der Waals surface area contributed by atoms with Crippen LogP contribution in [0.4, 0.5) is 23.8 Å². The number of hydrogen-bond acceptors (Lipinski definition) is 5. The third kappa shape index (κ3) is 6.47. The summed E-state index contributed by atoms with van der Waals surface area (Å²) in [5, 5.41) is 3.98. The number of anilines is 1. The molecule has 3 heterocycles. The number of piperazine rings is 1. The van der Waals surface area contributed by atoms with E-state index in [9.17, 15) is 26.4 Å². The van der Waals surface area contributed by atoms with E-state index in [4.69, 9.17) is 23.2 Å². The zero-order chi connectivity index (χ0) is 27.8. The summed E-state index contributed by atoms with van der Waals surface area (Å²) in [4.78, 5) is 20.7. The van der Waals surface area contributed by atoms with Gasteiger partial charge in [0.1, 0.15) is 5.82 Å². The first-order valence-electron chi connectivity index (χ1n) is 12.0. The second kappa shape index (κ2) is 11.1. The van der Waals surface area contributed by atoms with Crippen molar-refractivity contribution in [3.63, 3.8) is 0 Å². The van der Waals surface area contributed by atoms with Crippen LogP contribution < -0.4 is 5.32 Å². The Morgan fingerprint density at radius 2 is 1.74 bits per heavy atom. The number of pyridine rings is 1. The molecule has 0 bridgehead atoms. The van der Waals surface area contributed by atoms with Gasteiger partial charge in [0.05, 0.1) is 21.9 Å². The van der Waals surface area contributed by atoms with Gasteiger partial charge in [-0.05, 0) is 36.8 Å². The Kier molecular flexibility index (Phi) is 8.37. The summed E-state index contributed by atoms with van der Waals surface area (Å²) >= 11 is 12.4. The molecule has 4 rings (SSSR count). The van der Waals surface area contributed by atoms with Crippen molar-refractivity contribution in [1.82, 2.24) is 19.1 Å². The second-order valence-electron chi connectivity index (χ2n) is 9.64. The van der Waals surface area contributed by atoms with Gasteiger partial charge in [-0.25, -0.2) is 18.2 Å². The van der Waals surface area contributed by atoms with Gasteiger partial charge in [0.25, 0.3) is 0 Å². The third-order valence-electron chi connectivity index (χ3n) is 7.09. The van der Waals surface area contributed by atoms with E-state index in [1.165, 1.54) is 10.4 Å². The maximum absolute atomic E-state index is 13.4. The van der Waals surface area contributed by atoms with Crippen LogP contribution in [0.3, 0.4) is 0 Å². The minimum Gasteiger partial charge on any atom is -0.367 e. The van der Waals surface area contributed by atoms with Crippen LogP contribution in [0.5, 0.6) is 0 Å². The molecule has 14 heteroatoms. The van der Waals surface area contributed by atoms with Crippen molar-refractivity contribution >= 4 is 45.1 Å². The predicted octanol–water partition coefficient (Wildman–Crippen LogP) is 4.62. The summed E-state index contributed by atoms with van der Waals surface area (Å²) in [6.07, 6.45) is -2.54. The number of carbonyl (C=O) groups is 1. The number of amides is 2. The van der Waals surface area contributed by atoms with E-state index in [0.29, 0.717) is 29.0 Å². The van der Waals surface area contributed by atoms with E-state index in [1.807, 2.05) is 13.0 Å². The van der Waals surface area contributed by atoms with E-state index in [-0.39, 0.29) is 50.1 Å². The summed E-state index contributed by atoms with van der Waals surface area (Å²) in [5.41, 5.74) is 0.0496. The normalized spacial score (nSPS) is 22.0. The summed E-state index contributed by atoms with van der Waals surface area (Å²) < 4.78 is 63.8. The summed E-state index contributed by atoms with van der Waals surface area (Å²) in [7, 11) is -3.33. The number of aromatic nitrogens is 1. The number of benzene rings is 1. The van der Waals surface area contributed by atoms with Gasteiger partial charge in [0.15, 0.2) is 0 Å². The fourth-order valence-electron chi connectivity index (χ4n) is 4.99. The molecule has 208 valence electrons. The average molecular weight is 594 g/mol. The van der Waals surface area contributed by atoms with Crippen LogP contribution in [-0.4, -0.2) is 85.1 Å². The van der Waals surface area contributed by atoms with Gasteiger partial charge in [-0.15, -0.1) is 0 Å². The zero-order valence-corrected chi connectivity index (χ0v) is 23.1. The molecular weight excluding hydrogens is 566 g/mol. The van der Waals surface area contributed by atoms with Crippen LogP contribution in [-0.2, 0) is 16.2 Å². The van der Waals surface area contributed by atoms with Crippen LogP contribution in [0.1, 0.15) is 24.0 Å². The van der Waals surface area contributed by atoms with Crippen LogP contribution in [0.25, 0.3) is 0 Å². The SMILES string of the molecule is CC(Nc1ccc(C(F)(F)F)cn1)[C@H]1CN(C(=O)N2CCN(S(C)(=O)=O)CC2)CC1c1ccc(Cl)c(Cl)c1. The number of carbonyl (C=O) groups excluding carboxylic acids is 1. The Bertz CT molecular complexity index is 1270. The summed E-state index contributed by atoms with van der Waals surface area (Å²) in [6.45, 7) is 3.70. The van der Waals surface area contributed by atoms with Gasteiger partial charge in [-0.1, -0.05) is 29.3 Å². The third-order valence-corrected chi connectivity index (χ3v) is 9.14. The molecule has 0 spiro atoms. The minimum atomic E-state index is -4.48. The number of likely N-dealkylation sites (tertiary alicyclic amines) is 1. The molecule has 0 aliphatic carbocycles. The minimum absolute atomic E-state index is 0.127. The molecule has 0 radical (unpaired) electrons. The second-order valence-corrected chi connectivity index (χ2v) is 12.4. The summed E-state index contributed by atoms with van der Waals surface area (Å²) in [6, 6.07) is 7.12. The van der Waals surface area contributed by atoms with Crippen molar-refractivity contribution in [1.29, 1.82) is 0 Å². The molecule has 2 aliphatic rings. The quantitative estimate of drug-likeness (QED) is 0.547. The van der Waals surface area contributed by atoms with Crippen molar-refractivity contribution in [2.24, 2.45) is 5.92 Å². The number of halogens is 5. The topological polar surface area (TPSA) is 85.8 Å². The Labute approximate surface area is 229 Å². The van der Waals surface area contributed by atoms with Crippen molar-refractivity contribution in [3.8, 4) is 0 Å². The molecular formula is C24H28Cl2F3N5O3S. The van der Waals surface area contributed by atoms with Gasteiger partial charge >= 0.3 is 12.2 Å². The summed E-state index contributed by atoms with van der Waals surface area (Å²) in [5.74, 6) is 0.0284. The van der Waals surface area contributed by atoms with E-state index in [2.05, 4.69) is 10.3 Å². The van der Waals surface area contributed by atoms with E-state index >= 15 is 0 Å². The fourth-order valence-corrected chi connectivity index (χ4v) is 6.12. The molecule has 8 nitrogen and oxygen atoms in total. The van der Waals surface area contributed by atoms with Crippen LogP contribution in [0.2, 0.25) is 10.0 Å². The Morgan fingerprint density at radius 3 is 2.29 bits per heavy atom. The highest BCUT2D eigenvalue weighted by Gasteiger charge is 2.41. The molecule has 38 heavy (non-hydrogen) atoms. The monoisotopic (exact) mass is 593 g/mol. The van der Waals surface area contributed by atoms with Gasteiger partial charge in [0, 0.05) is 63.3 Å². The predicted molar refractivity (Wildman–Crippen MR) is 140 cm³/mol. The molecule has 2 aliphatic heterocycles. The van der Waals surface area contributed by atoms with E-state index in [0.717, 1.165) is 24.1 Å². The maximum atomic E-state index is 13.4. The lowest BCUT2D eigenvalue weighted by Gasteiger charge is -2.35. The molecule has 2 amide bonds. The maximum Gasteiger partial charge on any atom is 0.417 e. The number of nitrogens with one attached hydrogen (secondary N) is 1. The van der Waals surface area contributed by atoms with Crippen LogP contribution >= 0.6 is 23.2 Å².